The first-order valence-corrected chi connectivity index (χ1v) is 18.2. The number of aliphatic imine (C=N–C) groups is 1. The second-order valence-electron chi connectivity index (χ2n) is 12.6. The lowest BCUT2D eigenvalue weighted by molar-refractivity contribution is 0.394. The number of nitrogens with zero attached hydrogens (tertiary/aromatic N) is 2. The molecule has 0 saturated carbocycles. The molecule has 2 aliphatic rings. The standard InChI is InChI=1S/C15H15N5OS.C12H18N2O.C5H13N3.C5H11N/c1-17-15-5-11(16)14(22-15)8-18-12-3-2-9(4-13(12)21)10-6-19-20-7-10;1-7(2)10-5-9(6-13)11(14)8(3)12(10)15-4;6-8-5-1-3-7-4-2-5;1-2-4-6-5-3-1/h2-8,17,21H,16H2,1H3,(H,19,20);5-7,13H,14H2,1-4H3;5,7-8H,1-4,6H2;6H,1-5H2. The molecule has 13 N–H and O–H groups in total. The molecule has 51 heavy (non-hydrogen) atoms. The van der Waals surface area contributed by atoms with Crippen molar-refractivity contribution in [3.63, 3.8) is 0 Å². The quantitative estimate of drug-likeness (QED) is 0.0450. The van der Waals surface area contributed by atoms with Crippen LogP contribution < -0.4 is 43.4 Å². The van der Waals surface area contributed by atoms with Gasteiger partial charge in [0.2, 0.25) is 0 Å². The van der Waals surface area contributed by atoms with Gasteiger partial charge in [-0.1, -0.05) is 26.3 Å². The van der Waals surface area contributed by atoms with E-state index in [0.29, 0.717) is 29.0 Å². The number of methoxy groups -OCH3 is 1. The monoisotopic (exact) mass is 719 g/mol. The number of nitrogen functional groups attached to an aromatic ring is 2. The van der Waals surface area contributed by atoms with Gasteiger partial charge in [-0.05, 0) is 100 Å². The summed E-state index contributed by atoms with van der Waals surface area (Å²) >= 11 is 1.51. The predicted molar refractivity (Wildman–Crippen MR) is 215 cm³/mol. The van der Waals surface area contributed by atoms with Gasteiger partial charge < -0.3 is 42.7 Å². The molecule has 0 bridgehead atoms. The Kier molecular flexibility index (Phi) is 17.4. The molecular formula is C37H57N11O2S. The second kappa shape index (κ2) is 21.7. The lowest BCUT2D eigenvalue weighted by Gasteiger charge is -2.20. The molecule has 0 amide bonds. The van der Waals surface area contributed by atoms with Gasteiger partial charge in [-0.3, -0.25) is 21.4 Å². The number of nitrogens with one attached hydrogen (secondary N) is 6. The van der Waals surface area contributed by atoms with Crippen molar-refractivity contribution in [1.29, 1.82) is 5.41 Å². The number of H-pyrrole nitrogens is 1. The van der Waals surface area contributed by atoms with Crippen LogP contribution in [0, 0.1) is 12.3 Å². The molecule has 6 rings (SSSR count). The number of anilines is 3. The summed E-state index contributed by atoms with van der Waals surface area (Å²) in [7, 11) is 3.49. The number of hydrogen-bond acceptors (Lipinski definition) is 13. The van der Waals surface area contributed by atoms with Gasteiger partial charge >= 0.3 is 0 Å². The molecule has 0 unspecified atom stereocenters. The van der Waals surface area contributed by atoms with Crippen LogP contribution in [0.1, 0.15) is 73.4 Å². The fraction of sp³-hybridized carbons (Fsp3) is 0.432. The maximum atomic E-state index is 10.1. The number of rotatable bonds is 8. The van der Waals surface area contributed by atoms with Gasteiger partial charge in [0.15, 0.2) is 0 Å². The molecule has 0 spiro atoms. The predicted octanol–water partition coefficient (Wildman–Crippen LogP) is 5.89. The van der Waals surface area contributed by atoms with Crippen molar-refractivity contribution in [1.82, 2.24) is 26.3 Å². The molecule has 14 heteroatoms. The zero-order valence-electron chi connectivity index (χ0n) is 30.6. The van der Waals surface area contributed by atoms with E-state index in [9.17, 15) is 5.11 Å². The van der Waals surface area contributed by atoms with E-state index in [1.807, 2.05) is 32.2 Å². The van der Waals surface area contributed by atoms with E-state index in [1.54, 1.807) is 37.9 Å². The Labute approximate surface area is 306 Å². The molecule has 4 aromatic rings. The highest BCUT2D eigenvalue weighted by Crippen LogP contribution is 2.35. The molecule has 13 nitrogen and oxygen atoms in total. The highest BCUT2D eigenvalue weighted by atomic mass is 32.1. The lowest BCUT2D eigenvalue weighted by Crippen LogP contribution is -2.43. The first kappa shape index (κ1) is 41.0. The van der Waals surface area contributed by atoms with Crippen LogP contribution in [0.5, 0.6) is 11.5 Å². The second-order valence-corrected chi connectivity index (χ2v) is 13.6. The number of aromatic nitrogens is 2. The number of phenolic OH excluding ortho intramolecular Hbond substituents is 1. The first-order valence-electron chi connectivity index (χ1n) is 17.4. The van der Waals surface area contributed by atoms with E-state index >= 15 is 0 Å². The number of hydrazine groups is 1. The Bertz CT molecular complexity index is 1630. The first-order chi connectivity index (χ1) is 24.6. The summed E-state index contributed by atoms with van der Waals surface area (Å²) in [6, 6.07) is 9.64. The lowest BCUT2D eigenvalue weighted by atomic mass is 9.95. The number of piperidine rings is 2. The molecule has 0 aliphatic carbocycles. The average molecular weight is 720 g/mol. The highest BCUT2D eigenvalue weighted by Gasteiger charge is 2.15. The van der Waals surface area contributed by atoms with Crippen LogP contribution in [0.15, 0.2) is 47.7 Å². The minimum atomic E-state index is 0.110. The smallest absolute Gasteiger partial charge is 0.141 e. The Morgan fingerprint density at radius 1 is 1.06 bits per heavy atom. The molecule has 2 aromatic heterocycles. The van der Waals surface area contributed by atoms with E-state index in [-0.39, 0.29) is 5.75 Å². The normalized spacial score (nSPS) is 14.4. The van der Waals surface area contributed by atoms with Crippen molar-refractivity contribution in [3.8, 4) is 22.6 Å². The number of benzene rings is 2. The maximum Gasteiger partial charge on any atom is 0.141 e. The summed E-state index contributed by atoms with van der Waals surface area (Å²) in [5, 5.41) is 34.6. The van der Waals surface area contributed by atoms with Crippen LogP contribution in [0.3, 0.4) is 0 Å². The van der Waals surface area contributed by atoms with Crippen molar-refractivity contribution < 1.29 is 9.84 Å². The summed E-state index contributed by atoms with van der Waals surface area (Å²) < 4.78 is 5.36. The third kappa shape index (κ3) is 12.7. The SMILES string of the molecule is C1CCNCC1.CNc1cc(N)c(C=Nc2ccc(-c3cn[nH]c3)cc2O)s1.COc1c(C(C)C)cc(C=N)c(N)c1C.NNC1CCNCC1. The number of hydrogen-bond donors (Lipinski definition) is 10. The number of aromatic hydroxyl groups is 1. The van der Waals surface area contributed by atoms with Crippen molar-refractivity contribution in [2.45, 2.75) is 64.8 Å². The number of ether oxygens (including phenoxy) is 1. The van der Waals surface area contributed by atoms with Crippen molar-refractivity contribution in [2.75, 3.05) is 57.1 Å². The minimum Gasteiger partial charge on any atom is -0.506 e. The van der Waals surface area contributed by atoms with Gasteiger partial charge in [0.1, 0.15) is 17.2 Å². The van der Waals surface area contributed by atoms with Crippen LogP contribution in [-0.4, -0.2) is 74.1 Å². The summed E-state index contributed by atoms with van der Waals surface area (Å²) in [6.07, 6.45) is 13.0. The van der Waals surface area contributed by atoms with E-state index in [4.69, 9.17) is 27.5 Å². The number of nitrogens with two attached hydrogens (primary N) is 3. The van der Waals surface area contributed by atoms with E-state index < -0.39 is 0 Å². The van der Waals surface area contributed by atoms with Gasteiger partial charge in [-0.15, -0.1) is 11.3 Å². The molecular weight excluding hydrogens is 663 g/mol. The molecule has 4 heterocycles. The Morgan fingerprint density at radius 3 is 2.24 bits per heavy atom. The molecule has 0 radical (unpaired) electrons. The number of phenols is 1. The van der Waals surface area contributed by atoms with Gasteiger partial charge in [0, 0.05) is 54.1 Å². The zero-order valence-corrected chi connectivity index (χ0v) is 31.4. The fourth-order valence-electron chi connectivity index (χ4n) is 5.47. The molecule has 2 aromatic carbocycles. The molecule has 278 valence electrons. The fourth-order valence-corrected chi connectivity index (χ4v) is 6.28. The van der Waals surface area contributed by atoms with Gasteiger partial charge in [-0.2, -0.15) is 5.10 Å². The molecule has 2 fully saturated rings. The molecule has 0 atom stereocenters. The van der Waals surface area contributed by atoms with E-state index in [1.165, 1.54) is 49.9 Å². The van der Waals surface area contributed by atoms with Crippen molar-refractivity contribution in [3.05, 3.63) is 64.3 Å². The molecule has 2 saturated heterocycles. The average Bonchev–Trinajstić information content (AvgIpc) is 3.84. The largest absolute Gasteiger partial charge is 0.506 e. The number of aromatic amines is 1. The van der Waals surface area contributed by atoms with Gasteiger partial charge in [0.25, 0.3) is 0 Å². The van der Waals surface area contributed by atoms with Crippen LogP contribution in [-0.2, 0) is 0 Å². The van der Waals surface area contributed by atoms with Crippen molar-refractivity contribution >= 4 is 45.8 Å². The topological polar surface area (TPSA) is 221 Å². The zero-order chi connectivity index (χ0) is 37.2. The summed E-state index contributed by atoms with van der Waals surface area (Å²) in [5.74, 6) is 6.54. The third-order valence-corrected chi connectivity index (χ3v) is 9.66. The summed E-state index contributed by atoms with van der Waals surface area (Å²) in [6.45, 7) is 10.8. The van der Waals surface area contributed by atoms with Crippen LogP contribution >= 0.6 is 11.3 Å². The van der Waals surface area contributed by atoms with Crippen LogP contribution in [0.25, 0.3) is 11.1 Å². The molecule has 2 aliphatic heterocycles. The van der Waals surface area contributed by atoms with E-state index in [2.05, 4.69) is 50.4 Å². The Balaban J connectivity index is 0.000000207. The number of thiophene rings is 1. The van der Waals surface area contributed by atoms with Crippen LogP contribution in [0.4, 0.5) is 22.1 Å². The Hall–Kier alpha value is -4.47. The van der Waals surface area contributed by atoms with Gasteiger partial charge in [-0.25, -0.2) is 0 Å². The maximum absolute atomic E-state index is 10.1. The van der Waals surface area contributed by atoms with Gasteiger partial charge in [0.05, 0.1) is 28.9 Å². The van der Waals surface area contributed by atoms with E-state index in [0.717, 1.165) is 69.4 Å². The minimum absolute atomic E-state index is 0.110. The Morgan fingerprint density at radius 2 is 1.76 bits per heavy atom. The summed E-state index contributed by atoms with van der Waals surface area (Å²) in [4.78, 5) is 5.16. The third-order valence-electron chi connectivity index (χ3n) is 8.56. The van der Waals surface area contributed by atoms with Crippen LogP contribution in [0.2, 0.25) is 0 Å². The summed E-state index contributed by atoms with van der Waals surface area (Å²) in [5.41, 5.74) is 20.9. The van der Waals surface area contributed by atoms with Crippen molar-refractivity contribution in [2.24, 2.45) is 10.8 Å². The highest BCUT2D eigenvalue weighted by molar-refractivity contribution is 7.18.